The summed E-state index contributed by atoms with van der Waals surface area (Å²) >= 11 is 0. The second kappa shape index (κ2) is 8.27. The fourth-order valence-electron chi connectivity index (χ4n) is 2.56. The fourth-order valence-corrected chi connectivity index (χ4v) is 2.56. The first-order valence-electron chi connectivity index (χ1n) is 8.36. The summed E-state index contributed by atoms with van der Waals surface area (Å²) in [7, 11) is 4.73. The zero-order valence-corrected chi connectivity index (χ0v) is 15.7. The van der Waals surface area contributed by atoms with Crippen LogP contribution in [0.25, 0.3) is 0 Å². The minimum absolute atomic E-state index is 0.497. The van der Waals surface area contributed by atoms with Crippen LogP contribution < -0.4 is 24.8 Å². The highest BCUT2D eigenvalue weighted by Crippen LogP contribution is 2.40. The molecule has 1 heterocycles. The SMILES string of the molecule is COc1cc(Nc2ccnc(Nc3ccc(C)cc3)n2)cc(OC)c1OC. The van der Waals surface area contributed by atoms with Crippen molar-refractivity contribution in [3.05, 3.63) is 54.2 Å². The molecule has 1 aromatic heterocycles. The smallest absolute Gasteiger partial charge is 0.229 e. The lowest BCUT2D eigenvalue weighted by Gasteiger charge is -2.15. The molecule has 0 amide bonds. The van der Waals surface area contributed by atoms with Gasteiger partial charge in [0.25, 0.3) is 0 Å². The Bertz CT molecular complexity index is 888. The standard InChI is InChI=1S/C20H22N4O3/c1-13-5-7-14(8-6-13)23-20-21-10-9-18(24-20)22-15-11-16(25-2)19(27-4)17(12-15)26-3/h5-12H,1-4H3,(H2,21,22,23,24). The molecule has 27 heavy (non-hydrogen) atoms. The summed E-state index contributed by atoms with van der Waals surface area (Å²) in [5.41, 5.74) is 2.87. The third-order valence-corrected chi connectivity index (χ3v) is 3.90. The van der Waals surface area contributed by atoms with Crippen LogP contribution in [-0.4, -0.2) is 31.3 Å². The minimum Gasteiger partial charge on any atom is -0.493 e. The summed E-state index contributed by atoms with van der Waals surface area (Å²) in [5.74, 6) is 2.79. The number of hydrogen-bond donors (Lipinski definition) is 2. The number of ether oxygens (including phenoxy) is 3. The normalized spacial score (nSPS) is 10.2. The largest absolute Gasteiger partial charge is 0.493 e. The number of benzene rings is 2. The second-order valence-corrected chi connectivity index (χ2v) is 5.80. The molecule has 0 bridgehead atoms. The number of nitrogens with zero attached hydrogens (tertiary/aromatic N) is 2. The Kier molecular flexibility index (Phi) is 5.61. The molecule has 0 aliphatic rings. The average Bonchev–Trinajstić information content (AvgIpc) is 2.69. The van der Waals surface area contributed by atoms with Gasteiger partial charge in [-0.1, -0.05) is 17.7 Å². The maximum Gasteiger partial charge on any atom is 0.229 e. The van der Waals surface area contributed by atoms with Crippen LogP contribution in [0.2, 0.25) is 0 Å². The van der Waals surface area contributed by atoms with E-state index >= 15 is 0 Å². The van der Waals surface area contributed by atoms with Gasteiger partial charge in [0, 0.05) is 29.7 Å². The van der Waals surface area contributed by atoms with Gasteiger partial charge < -0.3 is 24.8 Å². The summed E-state index contributed by atoms with van der Waals surface area (Å²) in [4.78, 5) is 8.76. The maximum absolute atomic E-state index is 5.38. The molecule has 2 aromatic carbocycles. The summed E-state index contributed by atoms with van der Waals surface area (Å²) in [6, 6.07) is 13.4. The lowest BCUT2D eigenvalue weighted by molar-refractivity contribution is 0.324. The van der Waals surface area contributed by atoms with Crippen LogP contribution in [0.4, 0.5) is 23.1 Å². The molecule has 0 aliphatic heterocycles. The highest BCUT2D eigenvalue weighted by Gasteiger charge is 2.13. The van der Waals surface area contributed by atoms with E-state index in [0.717, 1.165) is 11.4 Å². The Morgan fingerprint density at radius 3 is 2.04 bits per heavy atom. The monoisotopic (exact) mass is 366 g/mol. The van der Waals surface area contributed by atoms with E-state index in [1.54, 1.807) is 33.6 Å². The van der Waals surface area contributed by atoms with Crippen LogP contribution in [-0.2, 0) is 0 Å². The molecule has 0 saturated heterocycles. The molecule has 3 aromatic rings. The number of rotatable bonds is 7. The number of methoxy groups -OCH3 is 3. The van der Waals surface area contributed by atoms with Gasteiger partial charge in [-0.05, 0) is 25.1 Å². The van der Waals surface area contributed by atoms with Gasteiger partial charge in [0.05, 0.1) is 21.3 Å². The van der Waals surface area contributed by atoms with Crippen molar-refractivity contribution in [3.63, 3.8) is 0 Å². The minimum atomic E-state index is 0.497. The molecule has 0 spiro atoms. The number of anilines is 4. The average molecular weight is 366 g/mol. The van der Waals surface area contributed by atoms with Gasteiger partial charge in [-0.3, -0.25) is 0 Å². The van der Waals surface area contributed by atoms with Gasteiger partial charge in [0.2, 0.25) is 11.7 Å². The van der Waals surface area contributed by atoms with Crippen molar-refractivity contribution in [2.24, 2.45) is 0 Å². The van der Waals surface area contributed by atoms with Crippen molar-refractivity contribution in [2.45, 2.75) is 6.92 Å². The molecular formula is C20H22N4O3. The Morgan fingerprint density at radius 1 is 0.778 bits per heavy atom. The fraction of sp³-hybridized carbons (Fsp3) is 0.200. The number of nitrogens with one attached hydrogen (secondary N) is 2. The van der Waals surface area contributed by atoms with Gasteiger partial charge >= 0.3 is 0 Å². The second-order valence-electron chi connectivity index (χ2n) is 5.80. The summed E-state index contributed by atoms with van der Waals surface area (Å²) in [5, 5.41) is 6.42. The van der Waals surface area contributed by atoms with Crippen molar-refractivity contribution in [1.82, 2.24) is 9.97 Å². The van der Waals surface area contributed by atoms with E-state index in [-0.39, 0.29) is 0 Å². The first kappa shape index (κ1) is 18.3. The van der Waals surface area contributed by atoms with Gasteiger partial charge in [0.15, 0.2) is 11.5 Å². The number of aromatic nitrogens is 2. The van der Waals surface area contributed by atoms with Crippen LogP contribution in [0.5, 0.6) is 17.2 Å². The van der Waals surface area contributed by atoms with Crippen LogP contribution >= 0.6 is 0 Å². The zero-order valence-electron chi connectivity index (χ0n) is 15.7. The van der Waals surface area contributed by atoms with Crippen LogP contribution in [0.15, 0.2) is 48.7 Å². The maximum atomic E-state index is 5.38. The van der Waals surface area contributed by atoms with E-state index in [4.69, 9.17) is 14.2 Å². The molecule has 0 atom stereocenters. The third kappa shape index (κ3) is 4.38. The molecule has 3 rings (SSSR count). The lowest BCUT2D eigenvalue weighted by Crippen LogP contribution is -2.01. The van der Waals surface area contributed by atoms with E-state index in [9.17, 15) is 0 Å². The van der Waals surface area contributed by atoms with E-state index in [1.807, 2.05) is 43.3 Å². The van der Waals surface area contributed by atoms with E-state index in [2.05, 4.69) is 20.6 Å². The molecule has 7 nitrogen and oxygen atoms in total. The van der Waals surface area contributed by atoms with Crippen LogP contribution in [0.1, 0.15) is 5.56 Å². The highest BCUT2D eigenvalue weighted by molar-refractivity contribution is 5.67. The number of aryl methyl sites for hydroxylation is 1. The molecule has 0 unspecified atom stereocenters. The molecular weight excluding hydrogens is 344 g/mol. The highest BCUT2D eigenvalue weighted by atomic mass is 16.5. The van der Waals surface area contributed by atoms with E-state index in [1.165, 1.54) is 5.56 Å². The van der Waals surface area contributed by atoms with E-state index in [0.29, 0.717) is 29.0 Å². The van der Waals surface area contributed by atoms with Crippen molar-refractivity contribution < 1.29 is 14.2 Å². The van der Waals surface area contributed by atoms with Crippen molar-refractivity contribution in [1.29, 1.82) is 0 Å². The zero-order chi connectivity index (χ0) is 19.2. The molecule has 7 heteroatoms. The van der Waals surface area contributed by atoms with Crippen molar-refractivity contribution in [3.8, 4) is 17.2 Å². The van der Waals surface area contributed by atoms with Crippen LogP contribution in [0.3, 0.4) is 0 Å². The Hall–Kier alpha value is -3.48. The van der Waals surface area contributed by atoms with Crippen molar-refractivity contribution in [2.75, 3.05) is 32.0 Å². The molecule has 2 N–H and O–H groups in total. The first-order chi connectivity index (χ1) is 13.1. The summed E-state index contributed by atoms with van der Waals surface area (Å²) in [6.07, 6.45) is 1.68. The Balaban J connectivity index is 1.82. The summed E-state index contributed by atoms with van der Waals surface area (Å²) in [6.45, 7) is 2.04. The van der Waals surface area contributed by atoms with E-state index < -0.39 is 0 Å². The van der Waals surface area contributed by atoms with Gasteiger partial charge in [0.1, 0.15) is 5.82 Å². The first-order valence-corrected chi connectivity index (χ1v) is 8.36. The number of hydrogen-bond acceptors (Lipinski definition) is 7. The van der Waals surface area contributed by atoms with Gasteiger partial charge in [-0.25, -0.2) is 4.98 Å². The predicted octanol–water partition coefficient (Wildman–Crippen LogP) is 4.30. The van der Waals surface area contributed by atoms with Crippen LogP contribution in [0, 0.1) is 6.92 Å². The van der Waals surface area contributed by atoms with Gasteiger partial charge in [-0.2, -0.15) is 4.98 Å². The summed E-state index contributed by atoms with van der Waals surface area (Å²) < 4.78 is 16.1. The Morgan fingerprint density at radius 2 is 1.44 bits per heavy atom. The Labute approximate surface area is 158 Å². The molecule has 0 radical (unpaired) electrons. The van der Waals surface area contributed by atoms with Gasteiger partial charge in [-0.15, -0.1) is 0 Å². The third-order valence-electron chi connectivity index (χ3n) is 3.90. The quantitative estimate of drug-likeness (QED) is 0.645. The topological polar surface area (TPSA) is 77.5 Å². The van der Waals surface area contributed by atoms with Crippen molar-refractivity contribution >= 4 is 23.1 Å². The molecule has 140 valence electrons. The molecule has 0 aliphatic carbocycles. The lowest BCUT2D eigenvalue weighted by atomic mass is 10.2. The predicted molar refractivity (Wildman–Crippen MR) is 106 cm³/mol. The molecule has 0 saturated carbocycles. The molecule has 0 fully saturated rings.